The first-order valence-electron chi connectivity index (χ1n) is 19.3. The van der Waals surface area contributed by atoms with Gasteiger partial charge in [-0.05, 0) is 81.0 Å². The number of unbranched alkanes of at least 4 members (excludes halogenated alkanes) is 4. The SMILES string of the molecule is CCCCCCCC(OOCC1CCC(CC2CCCCC2)CC1C(=O)O)OC(=O)C1CCC(CC2CCCCC2)CC1C(=O)O. The Hall–Kier alpha value is -1.67. The van der Waals surface area contributed by atoms with Crippen LogP contribution in [0.15, 0.2) is 0 Å². The summed E-state index contributed by atoms with van der Waals surface area (Å²) in [5, 5.41) is 20.2. The van der Waals surface area contributed by atoms with Crippen molar-refractivity contribution in [3.63, 3.8) is 0 Å². The number of carbonyl (C=O) groups excluding carboxylic acids is 1. The second kappa shape index (κ2) is 20.0. The van der Waals surface area contributed by atoms with Crippen molar-refractivity contribution < 1.29 is 39.1 Å². The summed E-state index contributed by atoms with van der Waals surface area (Å²) >= 11 is 0. The summed E-state index contributed by atoms with van der Waals surface area (Å²) < 4.78 is 5.86. The molecule has 4 saturated carbocycles. The third-order valence-electron chi connectivity index (χ3n) is 12.0. The van der Waals surface area contributed by atoms with Gasteiger partial charge in [0.15, 0.2) is 0 Å². The summed E-state index contributed by atoms with van der Waals surface area (Å²) in [6.07, 6.45) is 24.2. The first kappa shape index (κ1) is 37.2. The Labute approximate surface area is 278 Å². The van der Waals surface area contributed by atoms with E-state index in [-0.39, 0.29) is 12.5 Å². The van der Waals surface area contributed by atoms with Crippen LogP contribution >= 0.6 is 0 Å². The highest BCUT2D eigenvalue weighted by molar-refractivity contribution is 5.81. The Morgan fingerprint density at radius 3 is 1.78 bits per heavy atom. The van der Waals surface area contributed by atoms with Gasteiger partial charge in [0.2, 0.25) is 6.29 Å². The lowest BCUT2D eigenvalue weighted by molar-refractivity contribution is -0.378. The molecule has 7 atom stereocenters. The number of carboxylic acid groups (broad SMARTS) is 2. The molecule has 8 nitrogen and oxygen atoms in total. The quantitative estimate of drug-likeness (QED) is 0.0496. The van der Waals surface area contributed by atoms with E-state index in [9.17, 15) is 24.6 Å². The number of rotatable bonds is 18. The average Bonchev–Trinajstić information content (AvgIpc) is 3.05. The van der Waals surface area contributed by atoms with Gasteiger partial charge in [0.05, 0.1) is 24.4 Å². The van der Waals surface area contributed by atoms with Crippen LogP contribution in [-0.4, -0.2) is 41.0 Å². The molecular weight excluding hydrogens is 584 g/mol. The molecule has 0 heterocycles. The molecule has 4 aliphatic rings. The lowest BCUT2D eigenvalue weighted by Crippen LogP contribution is -2.39. The molecule has 0 saturated heterocycles. The molecule has 0 spiro atoms. The second-order valence-corrected chi connectivity index (χ2v) is 15.5. The number of esters is 1. The van der Waals surface area contributed by atoms with Crippen LogP contribution in [0.1, 0.15) is 161 Å². The molecule has 0 amide bonds. The fourth-order valence-electron chi connectivity index (χ4n) is 9.31. The smallest absolute Gasteiger partial charge is 0.312 e. The van der Waals surface area contributed by atoms with Gasteiger partial charge in [0, 0.05) is 6.42 Å². The largest absolute Gasteiger partial charge is 0.481 e. The monoisotopic (exact) mass is 648 g/mol. The zero-order chi connectivity index (χ0) is 32.7. The minimum absolute atomic E-state index is 0.142. The fraction of sp³-hybridized carbons (Fsp3) is 0.921. The molecule has 4 aliphatic carbocycles. The van der Waals surface area contributed by atoms with Crippen LogP contribution in [0, 0.1) is 47.3 Å². The summed E-state index contributed by atoms with van der Waals surface area (Å²) in [4.78, 5) is 49.4. The van der Waals surface area contributed by atoms with Crippen molar-refractivity contribution in [2.45, 2.75) is 167 Å². The van der Waals surface area contributed by atoms with Crippen LogP contribution in [0.25, 0.3) is 0 Å². The normalized spacial score (nSPS) is 30.5. The minimum Gasteiger partial charge on any atom is -0.481 e. The Morgan fingerprint density at radius 2 is 1.20 bits per heavy atom. The van der Waals surface area contributed by atoms with Gasteiger partial charge in [-0.3, -0.25) is 14.4 Å². The van der Waals surface area contributed by atoms with Crippen molar-refractivity contribution in [1.29, 1.82) is 0 Å². The topological polar surface area (TPSA) is 119 Å². The Kier molecular flexibility index (Phi) is 16.1. The van der Waals surface area contributed by atoms with Crippen molar-refractivity contribution in [2.75, 3.05) is 6.61 Å². The van der Waals surface area contributed by atoms with Crippen molar-refractivity contribution in [1.82, 2.24) is 0 Å². The molecule has 0 aromatic rings. The van der Waals surface area contributed by atoms with Gasteiger partial charge in [0.1, 0.15) is 0 Å². The molecule has 2 N–H and O–H groups in total. The predicted octanol–water partition coefficient (Wildman–Crippen LogP) is 9.34. The van der Waals surface area contributed by atoms with Crippen LogP contribution in [0.5, 0.6) is 0 Å². The summed E-state index contributed by atoms with van der Waals surface area (Å²) in [5.74, 6) is -1.96. The van der Waals surface area contributed by atoms with Crippen LogP contribution in [0.2, 0.25) is 0 Å². The van der Waals surface area contributed by atoms with Gasteiger partial charge in [-0.25, -0.2) is 4.89 Å². The van der Waals surface area contributed by atoms with Crippen LogP contribution in [0.4, 0.5) is 0 Å². The first-order chi connectivity index (χ1) is 22.3. The average molecular weight is 649 g/mol. The molecule has 0 aromatic carbocycles. The first-order valence-corrected chi connectivity index (χ1v) is 19.3. The van der Waals surface area contributed by atoms with E-state index in [2.05, 4.69) is 6.92 Å². The number of aliphatic carboxylic acids is 2. The summed E-state index contributed by atoms with van der Waals surface area (Å²) in [6.45, 7) is 2.32. The van der Waals surface area contributed by atoms with Crippen molar-refractivity contribution in [2.24, 2.45) is 47.3 Å². The highest BCUT2D eigenvalue weighted by atomic mass is 17.2. The summed E-state index contributed by atoms with van der Waals surface area (Å²) in [5.41, 5.74) is 0. The van der Waals surface area contributed by atoms with Crippen LogP contribution < -0.4 is 0 Å². The van der Waals surface area contributed by atoms with Gasteiger partial charge in [-0.15, -0.1) is 0 Å². The number of ether oxygens (including phenoxy) is 1. The van der Waals surface area contributed by atoms with Gasteiger partial charge < -0.3 is 14.9 Å². The van der Waals surface area contributed by atoms with Crippen molar-refractivity contribution in [3.05, 3.63) is 0 Å². The molecule has 0 bridgehead atoms. The van der Waals surface area contributed by atoms with E-state index in [1.807, 2.05) is 0 Å². The molecule has 0 aromatic heterocycles. The molecule has 46 heavy (non-hydrogen) atoms. The third kappa shape index (κ3) is 12.1. The van der Waals surface area contributed by atoms with E-state index in [4.69, 9.17) is 14.5 Å². The number of hydrogen-bond acceptors (Lipinski definition) is 6. The van der Waals surface area contributed by atoms with E-state index >= 15 is 0 Å². The molecule has 8 heteroatoms. The Morgan fingerprint density at radius 1 is 0.630 bits per heavy atom. The molecule has 0 radical (unpaired) electrons. The molecule has 264 valence electrons. The minimum atomic E-state index is -0.922. The van der Waals surface area contributed by atoms with E-state index < -0.39 is 42.0 Å². The predicted molar refractivity (Wildman–Crippen MR) is 177 cm³/mol. The van der Waals surface area contributed by atoms with E-state index in [0.29, 0.717) is 43.4 Å². The maximum Gasteiger partial charge on any atom is 0.312 e. The number of carboxylic acids is 2. The van der Waals surface area contributed by atoms with Gasteiger partial charge in [-0.1, -0.05) is 103 Å². The van der Waals surface area contributed by atoms with Crippen LogP contribution in [-0.2, 0) is 28.9 Å². The zero-order valence-corrected chi connectivity index (χ0v) is 28.7. The maximum atomic E-state index is 13.5. The fourth-order valence-corrected chi connectivity index (χ4v) is 9.31. The highest BCUT2D eigenvalue weighted by Gasteiger charge is 2.42. The van der Waals surface area contributed by atoms with Crippen LogP contribution in [0.3, 0.4) is 0 Å². The van der Waals surface area contributed by atoms with E-state index in [1.165, 1.54) is 64.2 Å². The zero-order valence-electron chi connectivity index (χ0n) is 28.7. The Bertz CT molecular complexity index is 910. The van der Waals surface area contributed by atoms with Gasteiger partial charge in [0.25, 0.3) is 0 Å². The van der Waals surface area contributed by atoms with Gasteiger partial charge >= 0.3 is 17.9 Å². The lowest BCUT2D eigenvalue weighted by Gasteiger charge is -2.36. The molecule has 4 fully saturated rings. The maximum absolute atomic E-state index is 13.5. The molecule has 7 unspecified atom stereocenters. The summed E-state index contributed by atoms with van der Waals surface area (Å²) in [7, 11) is 0. The Balaban J connectivity index is 1.28. The van der Waals surface area contributed by atoms with Gasteiger partial charge in [-0.2, -0.15) is 4.89 Å². The molecule has 4 rings (SSSR count). The lowest BCUT2D eigenvalue weighted by atomic mass is 9.70. The second-order valence-electron chi connectivity index (χ2n) is 15.5. The summed E-state index contributed by atoms with van der Waals surface area (Å²) in [6, 6.07) is 0. The number of carbonyl (C=O) groups is 3. The van der Waals surface area contributed by atoms with Crippen molar-refractivity contribution in [3.8, 4) is 0 Å². The molecule has 0 aliphatic heterocycles. The van der Waals surface area contributed by atoms with E-state index in [0.717, 1.165) is 70.1 Å². The standard InChI is InChI=1S/C38H64O8/c1-2-3-4-5-12-17-35(45-38(43)32-21-19-30(25-34(32)37(41)42)23-28-15-10-7-11-16-28)46-44-26-31-20-18-29(24-33(31)36(39)40)22-27-13-8-6-9-14-27/h27-35H,2-26H2,1H3,(H,39,40)(H,41,42). The van der Waals surface area contributed by atoms with E-state index in [1.54, 1.807) is 0 Å². The number of hydrogen-bond donors (Lipinski definition) is 2. The third-order valence-corrected chi connectivity index (χ3v) is 12.0. The van der Waals surface area contributed by atoms with Crippen molar-refractivity contribution >= 4 is 17.9 Å². The highest BCUT2D eigenvalue weighted by Crippen LogP contribution is 2.42. The molecular formula is C38H64O8.